The Balaban J connectivity index is 1.25. The number of aryl methyl sites for hydroxylation is 1. The number of thiazole rings is 1. The van der Waals surface area contributed by atoms with E-state index in [-0.39, 0.29) is 12.5 Å². The summed E-state index contributed by atoms with van der Waals surface area (Å²) in [7, 11) is 0. The molecule has 1 amide bonds. The van der Waals surface area contributed by atoms with Crippen molar-refractivity contribution in [2.75, 3.05) is 55.9 Å². The molecule has 0 aliphatic carbocycles. The predicted octanol–water partition coefficient (Wildman–Crippen LogP) is 5.21. The number of aliphatic hydroxyl groups excluding tert-OH is 1. The number of nitrogens with one attached hydrogen (secondary N) is 2. The van der Waals surface area contributed by atoms with Crippen LogP contribution < -0.4 is 10.0 Å². The van der Waals surface area contributed by atoms with Gasteiger partial charge in [0.15, 0.2) is 5.13 Å². The van der Waals surface area contributed by atoms with Gasteiger partial charge in [0, 0.05) is 54.3 Å². The highest BCUT2D eigenvalue weighted by molar-refractivity contribution is 8.00. The maximum atomic E-state index is 12.5. The zero-order valence-electron chi connectivity index (χ0n) is 21.5. The molecule has 1 aliphatic heterocycles. The van der Waals surface area contributed by atoms with E-state index in [1.165, 1.54) is 41.1 Å². The summed E-state index contributed by atoms with van der Waals surface area (Å²) >= 11 is 3.05. The first kappa shape index (κ1) is 27.6. The lowest BCUT2D eigenvalue weighted by molar-refractivity contribution is -0.117. The third-order valence-corrected chi connectivity index (χ3v) is 8.04. The molecule has 1 saturated heterocycles. The number of carbonyl (C=O) groups excluding carboxylic acids is 1. The molecule has 2 heterocycles. The van der Waals surface area contributed by atoms with Crippen LogP contribution in [0.2, 0.25) is 0 Å². The topological polar surface area (TPSA) is 80.7 Å². The normalized spacial score (nSPS) is 14.5. The van der Waals surface area contributed by atoms with Gasteiger partial charge in [-0.15, -0.1) is 11.3 Å². The summed E-state index contributed by atoms with van der Waals surface area (Å²) < 4.78 is 3.44. The molecule has 9 heteroatoms. The molecular formula is C28H37N5O2S2. The van der Waals surface area contributed by atoms with E-state index in [9.17, 15) is 4.79 Å². The van der Waals surface area contributed by atoms with Gasteiger partial charge in [-0.05, 0) is 54.6 Å². The third kappa shape index (κ3) is 8.83. The van der Waals surface area contributed by atoms with Gasteiger partial charge in [-0.3, -0.25) is 14.6 Å². The molecular weight excluding hydrogens is 502 g/mol. The van der Waals surface area contributed by atoms with Gasteiger partial charge in [0.1, 0.15) is 0 Å². The van der Waals surface area contributed by atoms with Crippen LogP contribution in [0, 0.1) is 0 Å². The standard InChI is InChI=1S/C28H37N5O2S2/c1-2-3-4-6-22-9-11-25(12-10-22)37-31-24-8-5-7-23(19-24)26-21-36-28(29-26)30-27(35)20-33-15-13-32(14-16-33)17-18-34/h5,7-12,19,21,31,34H,2-4,6,13-18,20H2,1H3,(H,29,30,35). The van der Waals surface area contributed by atoms with Crippen molar-refractivity contribution in [2.45, 2.75) is 37.5 Å². The van der Waals surface area contributed by atoms with E-state index in [1.807, 2.05) is 23.6 Å². The van der Waals surface area contributed by atoms with Gasteiger partial charge in [-0.2, -0.15) is 0 Å². The van der Waals surface area contributed by atoms with Crippen LogP contribution in [0.3, 0.4) is 0 Å². The Labute approximate surface area is 228 Å². The molecule has 37 heavy (non-hydrogen) atoms. The van der Waals surface area contributed by atoms with Crippen molar-refractivity contribution in [1.82, 2.24) is 14.8 Å². The highest BCUT2D eigenvalue weighted by atomic mass is 32.2. The molecule has 1 aromatic heterocycles. The van der Waals surface area contributed by atoms with Crippen molar-refractivity contribution in [1.29, 1.82) is 0 Å². The van der Waals surface area contributed by atoms with Gasteiger partial charge in [0.05, 0.1) is 18.8 Å². The third-order valence-electron chi connectivity index (χ3n) is 6.44. The first-order valence-corrected chi connectivity index (χ1v) is 14.8. The summed E-state index contributed by atoms with van der Waals surface area (Å²) in [6.07, 6.45) is 4.93. The average molecular weight is 540 g/mol. The van der Waals surface area contributed by atoms with Gasteiger partial charge >= 0.3 is 0 Å². The summed E-state index contributed by atoms with van der Waals surface area (Å²) in [5.41, 5.74) is 4.26. The summed E-state index contributed by atoms with van der Waals surface area (Å²) in [5.74, 6) is -0.0419. The number of aliphatic hydroxyl groups is 1. The summed E-state index contributed by atoms with van der Waals surface area (Å²) in [6.45, 7) is 6.89. The molecule has 3 N–H and O–H groups in total. The Bertz CT molecular complexity index is 1110. The molecule has 0 radical (unpaired) electrons. The van der Waals surface area contributed by atoms with E-state index in [1.54, 1.807) is 11.9 Å². The maximum Gasteiger partial charge on any atom is 0.240 e. The fraction of sp³-hybridized carbons (Fsp3) is 0.429. The lowest BCUT2D eigenvalue weighted by Gasteiger charge is -2.33. The molecule has 2 aromatic carbocycles. The number of hydrogen-bond donors (Lipinski definition) is 3. The monoisotopic (exact) mass is 539 g/mol. The minimum Gasteiger partial charge on any atom is -0.395 e. The van der Waals surface area contributed by atoms with Crippen LogP contribution in [-0.4, -0.2) is 71.7 Å². The first-order valence-electron chi connectivity index (χ1n) is 13.1. The van der Waals surface area contributed by atoms with E-state index in [2.05, 4.69) is 62.1 Å². The SMILES string of the molecule is CCCCCc1ccc(SNc2cccc(-c3csc(NC(=O)CN4CCN(CCO)CC4)n3)c2)cc1. The highest BCUT2D eigenvalue weighted by Crippen LogP contribution is 2.29. The fourth-order valence-corrected chi connectivity index (χ4v) is 5.67. The van der Waals surface area contributed by atoms with Crippen LogP contribution in [0.1, 0.15) is 31.7 Å². The number of benzene rings is 2. The number of β-amino-alcohol motifs (C(OH)–C–C–N with tert-alkyl or cyclic N) is 1. The van der Waals surface area contributed by atoms with E-state index >= 15 is 0 Å². The first-order chi connectivity index (χ1) is 18.1. The quantitative estimate of drug-likeness (QED) is 0.203. The second-order valence-electron chi connectivity index (χ2n) is 9.31. The van der Waals surface area contributed by atoms with Crippen molar-refractivity contribution < 1.29 is 9.90 Å². The van der Waals surface area contributed by atoms with Gasteiger partial charge < -0.3 is 15.1 Å². The second kappa shape index (κ2) is 14.5. The maximum absolute atomic E-state index is 12.5. The van der Waals surface area contributed by atoms with Crippen LogP contribution in [-0.2, 0) is 11.2 Å². The van der Waals surface area contributed by atoms with Gasteiger partial charge in [0.2, 0.25) is 5.91 Å². The molecule has 0 bridgehead atoms. The van der Waals surface area contributed by atoms with E-state index in [0.29, 0.717) is 18.2 Å². The molecule has 0 unspecified atom stereocenters. The van der Waals surface area contributed by atoms with Crippen LogP contribution in [0.4, 0.5) is 10.8 Å². The number of unbranched alkanes of at least 4 members (excludes halogenated alkanes) is 2. The number of hydrogen-bond acceptors (Lipinski definition) is 8. The summed E-state index contributed by atoms with van der Waals surface area (Å²) in [6, 6.07) is 17.0. The Kier molecular flexibility index (Phi) is 10.8. The number of aromatic nitrogens is 1. The van der Waals surface area contributed by atoms with Crippen molar-refractivity contribution in [3.05, 3.63) is 59.5 Å². The average Bonchev–Trinajstić information content (AvgIpc) is 3.38. The Morgan fingerprint density at radius 1 is 1.08 bits per heavy atom. The Hall–Kier alpha value is -2.43. The Morgan fingerprint density at radius 2 is 1.86 bits per heavy atom. The number of rotatable bonds is 13. The van der Waals surface area contributed by atoms with Crippen LogP contribution >= 0.6 is 23.3 Å². The molecule has 7 nitrogen and oxygen atoms in total. The highest BCUT2D eigenvalue weighted by Gasteiger charge is 2.19. The summed E-state index contributed by atoms with van der Waals surface area (Å²) in [5, 5.41) is 14.6. The Morgan fingerprint density at radius 3 is 2.62 bits per heavy atom. The van der Waals surface area contributed by atoms with Crippen LogP contribution in [0.15, 0.2) is 58.8 Å². The smallest absolute Gasteiger partial charge is 0.240 e. The molecule has 0 spiro atoms. The zero-order chi connectivity index (χ0) is 25.9. The van der Waals surface area contributed by atoms with Gasteiger partial charge in [0.25, 0.3) is 0 Å². The molecule has 4 rings (SSSR count). The van der Waals surface area contributed by atoms with Crippen LogP contribution in [0.25, 0.3) is 11.3 Å². The molecule has 3 aromatic rings. The fourth-order valence-electron chi connectivity index (χ4n) is 4.30. The summed E-state index contributed by atoms with van der Waals surface area (Å²) in [4.78, 5) is 22.7. The minimum atomic E-state index is -0.0419. The lowest BCUT2D eigenvalue weighted by atomic mass is 10.1. The molecule has 1 fully saturated rings. The molecule has 198 valence electrons. The number of carbonyl (C=O) groups is 1. The predicted molar refractivity (Wildman–Crippen MR) is 155 cm³/mol. The van der Waals surface area contributed by atoms with Crippen molar-refractivity contribution in [2.24, 2.45) is 0 Å². The molecule has 0 saturated carbocycles. The molecule has 1 aliphatic rings. The minimum absolute atomic E-state index is 0.0419. The number of nitrogens with zero attached hydrogens (tertiary/aromatic N) is 3. The number of anilines is 2. The van der Waals surface area contributed by atoms with Crippen molar-refractivity contribution >= 4 is 40.0 Å². The molecule has 0 atom stereocenters. The lowest BCUT2D eigenvalue weighted by Crippen LogP contribution is -2.49. The van der Waals surface area contributed by atoms with E-state index in [4.69, 9.17) is 5.11 Å². The van der Waals surface area contributed by atoms with Gasteiger partial charge in [-0.1, -0.05) is 44.0 Å². The van der Waals surface area contributed by atoms with E-state index < -0.39 is 0 Å². The van der Waals surface area contributed by atoms with Crippen molar-refractivity contribution in [3.63, 3.8) is 0 Å². The largest absolute Gasteiger partial charge is 0.395 e. The second-order valence-corrected chi connectivity index (χ2v) is 11.1. The number of piperazine rings is 1. The van der Waals surface area contributed by atoms with E-state index in [0.717, 1.165) is 49.5 Å². The zero-order valence-corrected chi connectivity index (χ0v) is 23.1. The van der Waals surface area contributed by atoms with Crippen molar-refractivity contribution in [3.8, 4) is 11.3 Å². The number of amides is 1. The van der Waals surface area contributed by atoms with Gasteiger partial charge in [-0.25, -0.2) is 4.98 Å². The van der Waals surface area contributed by atoms with Crippen LogP contribution in [0.5, 0.6) is 0 Å².